The molecule has 0 radical (unpaired) electrons. The van der Waals surface area contributed by atoms with Gasteiger partial charge < -0.3 is 9.47 Å². The number of hydrogen-bond acceptors (Lipinski definition) is 5. The fourth-order valence-electron chi connectivity index (χ4n) is 3.43. The van der Waals surface area contributed by atoms with Crippen molar-refractivity contribution in [2.45, 2.75) is 6.61 Å². The van der Waals surface area contributed by atoms with E-state index in [4.69, 9.17) is 55.9 Å². The van der Waals surface area contributed by atoms with Crippen molar-refractivity contribution < 1.29 is 23.9 Å². The van der Waals surface area contributed by atoms with E-state index < -0.39 is 17.8 Å². The molecule has 11 heteroatoms. The Morgan fingerprint density at radius 3 is 2.39 bits per heavy atom. The summed E-state index contributed by atoms with van der Waals surface area (Å²) in [6.45, 7) is 0.179. The van der Waals surface area contributed by atoms with E-state index in [0.29, 0.717) is 10.6 Å². The first-order valence-corrected chi connectivity index (χ1v) is 11.8. The van der Waals surface area contributed by atoms with E-state index >= 15 is 0 Å². The number of imide groups is 2. The van der Waals surface area contributed by atoms with Crippen LogP contribution in [0.1, 0.15) is 11.1 Å². The maximum atomic E-state index is 13.1. The monoisotopic (exact) mass is 564 g/mol. The van der Waals surface area contributed by atoms with Crippen molar-refractivity contribution >= 4 is 76.0 Å². The maximum absolute atomic E-state index is 13.1. The average molecular weight is 566 g/mol. The molecule has 0 unspecified atom stereocenters. The molecule has 4 rings (SSSR count). The van der Waals surface area contributed by atoms with Gasteiger partial charge in [-0.05, 0) is 59.7 Å². The Morgan fingerprint density at radius 1 is 0.917 bits per heavy atom. The molecular weight excluding hydrogens is 550 g/mol. The summed E-state index contributed by atoms with van der Waals surface area (Å²) in [5.74, 6) is -1.16. The van der Waals surface area contributed by atoms with Crippen LogP contribution in [0.4, 0.5) is 10.5 Å². The van der Waals surface area contributed by atoms with Crippen molar-refractivity contribution in [1.82, 2.24) is 5.32 Å². The number of benzene rings is 3. The lowest BCUT2D eigenvalue weighted by Gasteiger charge is -2.26. The third-order valence-electron chi connectivity index (χ3n) is 5.10. The Morgan fingerprint density at radius 2 is 1.69 bits per heavy atom. The second-order valence-electron chi connectivity index (χ2n) is 7.51. The van der Waals surface area contributed by atoms with Gasteiger partial charge in [0.2, 0.25) is 0 Å². The number of hydrogen-bond donors (Lipinski definition) is 1. The van der Waals surface area contributed by atoms with Crippen molar-refractivity contribution in [3.05, 3.63) is 91.4 Å². The molecule has 1 N–H and O–H groups in total. The van der Waals surface area contributed by atoms with Gasteiger partial charge in [0.15, 0.2) is 11.5 Å². The minimum Gasteiger partial charge on any atom is -0.493 e. The molecule has 0 atom stereocenters. The molecular formula is C25H16Cl4N2O5. The fourth-order valence-corrected chi connectivity index (χ4v) is 4.21. The Labute approximate surface area is 226 Å². The summed E-state index contributed by atoms with van der Waals surface area (Å²) in [6.07, 6.45) is 1.30. The molecule has 0 aromatic heterocycles. The highest BCUT2D eigenvalue weighted by Crippen LogP contribution is 2.38. The first-order chi connectivity index (χ1) is 17.2. The highest BCUT2D eigenvalue weighted by Gasteiger charge is 2.37. The second-order valence-corrected chi connectivity index (χ2v) is 9.17. The largest absolute Gasteiger partial charge is 0.493 e. The standard InChI is InChI=1S/C25H16Cl4N2O5/c1-35-21-10-14(9-20(29)22(21)36-12-13-3-2-4-15(26)7-13)8-17-23(32)30-25(34)31(24(17)33)16-5-6-18(27)19(28)11-16/h2-11H,12H2,1H3,(H,30,32,34)/b17-8+. The zero-order valence-electron chi connectivity index (χ0n) is 18.5. The van der Waals surface area contributed by atoms with E-state index in [9.17, 15) is 14.4 Å². The first kappa shape index (κ1) is 25.9. The fraction of sp³-hybridized carbons (Fsp3) is 0.0800. The molecule has 3 aromatic rings. The Balaban J connectivity index is 1.65. The zero-order valence-corrected chi connectivity index (χ0v) is 21.5. The van der Waals surface area contributed by atoms with Crippen molar-refractivity contribution in [3.63, 3.8) is 0 Å². The Bertz CT molecular complexity index is 1420. The molecule has 1 fully saturated rings. The minimum atomic E-state index is -0.916. The molecule has 4 amide bonds. The van der Waals surface area contributed by atoms with Crippen LogP contribution in [0.5, 0.6) is 11.5 Å². The number of anilines is 1. The highest BCUT2D eigenvalue weighted by atomic mass is 35.5. The van der Waals surface area contributed by atoms with Crippen LogP contribution in [0.2, 0.25) is 20.1 Å². The van der Waals surface area contributed by atoms with Crippen molar-refractivity contribution in [2.24, 2.45) is 0 Å². The lowest BCUT2D eigenvalue weighted by molar-refractivity contribution is -0.122. The van der Waals surface area contributed by atoms with E-state index in [1.165, 1.54) is 37.5 Å². The van der Waals surface area contributed by atoms with E-state index in [1.807, 2.05) is 6.07 Å². The van der Waals surface area contributed by atoms with Crippen LogP contribution in [0, 0.1) is 0 Å². The summed E-state index contributed by atoms with van der Waals surface area (Å²) in [6, 6.07) is 13.5. The minimum absolute atomic E-state index is 0.141. The van der Waals surface area contributed by atoms with Gasteiger partial charge in [0, 0.05) is 5.02 Å². The number of ether oxygens (including phenoxy) is 2. The van der Waals surface area contributed by atoms with Crippen LogP contribution in [0.15, 0.2) is 60.2 Å². The third-order valence-corrected chi connectivity index (χ3v) is 6.35. The van der Waals surface area contributed by atoms with Gasteiger partial charge in [0.25, 0.3) is 11.8 Å². The normalized spacial score (nSPS) is 14.8. The SMILES string of the molecule is COc1cc(/C=C2\C(=O)NC(=O)N(c3ccc(Cl)c(Cl)c3)C2=O)cc(Cl)c1OCc1cccc(Cl)c1. The second kappa shape index (κ2) is 10.8. The molecule has 0 aliphatic carbocycles. The molecule has 36 heavy (non-hydrogen) atoms. The number of nitrogens with zero attached hydrogens (tertiary/aromatic N) is 1. The molecule has 3 aromatic carbocycles. The number of rotatable bonds is 6. The third kappa shape index (κ3) is 5.44. The molecule has 0 saturated carbocycles. The lowest BCUT2D eigenvalue weighted by Crippen LogP contribution is -2.54. The number of carbonyl (C=O) groups excluding carboxylic acids is 3. The molecule has 1 heterocycles. The van der Waals surface area contributed by atoms with E-state index in [0.717, 1.165) is 10.5 Å². The van der Waals surface area contributed by atoms with Crippen molar-refractivity contribution in [2.75, 3.05) is 12.0 Å². The predicted molar refractivity (Wildman–Crippen MR) is 139 cm³/mol. The molecule has 1 aliphatic heterocycles. The molecule has 0 spiro atoms. The summed E-state index contributed by atoms with van der Waals surface area (Å²) < 4.78 is 11.2. The van der Waals surface area contributed by atoms with Gasteiger partial charge in [0.05, 0.1) is 27.9 Å². The number of carbonyl (C=O) groups is 3. The topological polar surface area (TPSA) is 84.9 Å². The van der Waals surface area contributed by atoms with E-state index in [2.05, 4.69) is 5.32 Å². The van der Waals surface area contributed by atoms with E-state index in [-0.39, 0.29) is 44.4 Å². The van der Waals surface area contributed by atoms with Crippen LogP contribution in [-0.4, -0.2) is 25.0 Å². The Kier molecular flexibility index (Phi) is 7.76. The maximum Gasteiger partial charge on any atom is 0.335 e. The van der Waals surface area contributed by atoms with Gasteiger partial charge >= 0.3 is 6.03 Å². The molecule has 1 aliphatic rings. The van der Waals surface area contributed by atoms with Gasteiger partial charge in [-0.3, -0.25) is 14.9 Å². The van der Waals surface area contributed by atoms with Crippen LogP contribution in [0.25, 0.3) is 6.08 Å². The number of amides is 4. The molecule has 184 valence electrons. The molecule has 0 bridgehead atoms. The van der Waals surface area contributed by atoms with Crippen molar-refractivity contribution in [1.29, 1.82) is 0 Å². The summed E-state index contributed by atoms with van der Waals surface area (Å²) in [5, 5.41) is 3.29. The number of urea groups is 1. The number of methoxy groups -OCH3 is 1. The summed E-state index contributed by atoms with van der Waals surface area (Å²) in [7, 11) is 1.43. The van der Waals surface area contributed by atoms with Crippen molar-refractivity contribution in [3.8, 4) is 11.5 Å². The van der Waals surface area contributed by atoms with Crippen LogP contribution >= 0.6 is 46.4 Å². The quantitative estimate of drug-likeness (QED) is 0.270. The average Bonchev–Trinajstić information content (AvgIpc) is 2.83. The van der Waals surface area contributed by atoms with Crippen LogP contribution < -0.4 is 19.7 Å². The summed E-state index contributed by atoms with van der Waals surface area (Å²) in [5.41, 5.74) is 1.04. The van der Waals surface area contributed by atoms with Gasteiger partial charge in [-0.1, -0.05) is 58.5 Å². The number of barbiturate groups is 1. The molecule has 7 nitrogen and oxygen atoms in total. The zero-order chi connectivity index (χ0) is 26.0. The van der Waals surface area contributed by atoms with Gasteiger partial charge in [-0.2, -0.15) is 0 Å². The first-order valence-electron chi connectivity index (χ1n) is 10.3. The summed E-state index contributed by atoms with van der Waals surface area (Å²) in [4.78, 5) is 38.9. The lowest BCUT2D eigenvalue weighted by atomic mass is 10.1. The highest BCUT2D eigenvalue weighted by molar-refractivity contribution is 6.43. The van der Waals surface area contributed by atoms with E-state index in [1.54, 1.807) is 24.3 Å². The van der Waals surface area contributed by atoms with Crippen LogP contribution in [-0.2, 0) is 16.2 Å². The molecule has 1 saturated heterocycles. The van der Waals surface area contributed by atoms with Gasteiger partial charge in [0.1, 0.15) is 12.2 Å². The number of nitrogens with one attached hydrogen (secondary N) is 1. The smallest absolute Gasteiger partial charge is 0.335 e. The van der Waals surface area contributed by atoms with Crippen LogP contribution in [0.3, 0.4) is 0 Å². The predicted octanol–water partition coefficient (Wildman–Crippen LogP) is 6.55. The summed E-state index contributed by atoms with van der Waals surface area (Å²) >= 11 is 24.4. The number of halogens is 4. The van der Waals surface area contributed by atoms with Gasteiger partial charge in [-0.15, -0.1) is 0 Å². The van der Waals surface area contributed by atoms with Gasteiger partial charge in [-0.25, -0.2) is 9.69 Å². The Hall–Kier alpha value is -3.23.